The SMILES string of the molecule is CN.O=C(O)CCn1cc(P(O)O)cn1. The van der Waals surface area contributed by atoms with E-state index in [4.69, 9.17) is 14.9 Å². The van der Waals surface area contributed by atoms with Gasteiger partial charge in [0.05, 0.1) is 24.5 Å². The lowest BCUT2D eigenvalue weighted by molar-refractivity contribution is -0.137. The van der Waals surface area contributed by atoms with Crippen LogP contribution in [-0.2, 0) is 11.3 Å². The lowest BCUT2D eigenvalue weighted by Crippen LogP contribution is -2.05. The van der Waals surface area contributed by atoms with Crippen molar-refractivity contribution in [2.75, 3.05) is 7.05 Å². The van der Waals surface area contributed by atoms with E-state index in [1.165, 1.54) is 24.1 Å². The summed E-state index contributed by atoms with van der Waals surface area (Å²) in [6, 6.07) is 0. The maximum Gasteiger partial charge on any atom is 0.305 e. The monoisotopic (exact) mass is 235 g/mol. The Balaban J connectivity index is 0.000000921. The first-order valence-corrected chi connectivity index (χ1v) is 5.34. The molecular weight excluding hydrogens is 221 g/mol. The van der Waals surface area contributed by atoms with E-state index >= 15 is 0 Å². The van der Waals surface area contributed by atoms with E-state index < -0.39 is 14.3 Å². The number of carbonyl (C=O) groups is 1. The van der Waals surface area contributed by atoms with Gasteiger partial charge in [0.25, 0.3) is 0 Å². The molecule has 0 aliphatic heterocycles. The largest absolute Gasteiger partial charge is 0.481 e. The van der Waals surface area contributed by atoms with E-state index in [1.54, 1.807) is 0 Å². The number of rotatable bonds is 4. The third-order valence-electron chi connectivity index (χ3n) is 1.41. The summed E-state index contributed by atoms with van der Waals surface area (Å²) in [7, 11) is -0.632. The third kappa shape index (κ3) is 5.44. The lowest BCUT2D eigenvalue weighted by atomic mass is 10.4. The van der Waals surface area contributed by atoms with Gasteiger partial charge in [0.2, 0.25) is 8.38 Å². The number of hydrogen-bond acceptors (Lipinski definition) is 5. The van der Waals surface area contributed by atoms with E-state index in [-0.39, 0.29) is 13.0 Å². The Hall–Kier alpha value is -1.01. The summed E-state index contributed by atoms with van der Waals surface area (Å²) in [5.74, 6) is -0.910. The van der Waals surface area contributed by atoms with Gasteiger partial charge in [0.15, 0.2) is 0 Å². The van der Waals surface area contributed by atoms with Crippen LogP contribution in [-0.4, -0.2) is 37.7 Å². The zero-order chi connectivity index (χ0) is 11.8. The van der Waals surface area contributed by atoms with Gasteiger partial charge in [-0.15, -0.1) is 0 Å². The van der Waals surface area contributed by atoms with E-state index in [9.17, 15) is 4.79 Å². The number of aromatic nitrogens is 2. The number of hydrogen-bond donors (Lipinski definition) is 4. The van der Waals surface area contributed by atoms with Crippen LogP contribution in [0.1, 0.15) is 6.42 Å². The summed E-state index contributed by atoms with van der Waals surface area (Å²) in [5, 5.41) is 12.4. The minimum Gasteiger partial charge on any atom is -0.481 e. The molecule has 8 heteroatoms. The molecule has 5 N–H and O–H groups in total. The summed E-state index contributed by atoms with van der Waals surface area (Å²) < 4.78 is 1.37. The van der Waals surface area contributed by atoms with E-state index in [0.717, 1.165) is 0 Å². The molecule has 0 saturated carbocycles. The average molecular weight is 235 g/mol. The molecule has 0 bridgehead atoms. The number of aliphatic carboxylic acids is 1. The van der Waals surface area contributed by atoms with Crippen LogP contribution in [0.4, 0.5) is 0 Å². The van der Waals surface area contributed by atoms with E-state index in [1.807, 2.05) is 0 Å². The van der Waals surface area contributed by atoms with Gasteiger partial charge in [-0.2, -0.15) is 5.10 Å². The van der Waals surface area contributed by atoms with E-state index in [2.05, 4.69) is 10.8 Å². The van der Waals surface area contributed by atoms with Crippen LogP contribution < -0.4 is 11.0 Å². The van der Waals surface area contributed by atoms with Crippen LogP contribution in [0.2, 0.25) is 0 Å². The number of aryl methyl sites for hydroxylation is 1. The van der Waals surface area contributed by atoms with Crippen molar-refractivity contribution < 1.29 is 19.7 Å². The average Bonchev–Trinajstić information content (AvgIpc) is 2.66. The zero-order valence-electron chi connectivity index (χ0n) is 8.24. The number of carboxylic acids is 1. The summed E-state index contributed by atoms with van der Waals surface area (Å²) in [4.78, 5) is 27.7. The molecule has 0 unspecified atom stereocenters. The summed E-state index contributed by atoms with van der Waals surface area (Å²) in [6.45, 7) is 0.235. The van der Waals surface area contributed by atoms with Gasteiger partial charge in [0, 0.05) is 6.20 Å². The van der Waals surface area contributed by atoms with Crippen LogP contribution in [0.3, 0.4) is 0 Å². The van der Waals surface area contributed by atoms with Crippen molar-refractivity contribution in [2.24, 2.45) is 5.73 Å². The lowest BCUT2D eigenvalue weighted by Gasteiger charge is -1.97. The Morgan fingerprint density at radius 3 is 2.60 bits per heavy atom. The van der Waals surface area contributed by atoms with Crippen molar-refractivity contribution in [3.63, 3.8) is 0 Å². The predicted molar refractivity (Wildman–Crippen MR) is 55.6 cm³/mol. The fourth-order valence-electron chi connectivity index (χ4n) is 0.788. The van der Waals surface area contributed by atoms with E-state index in [0.29, 0.717) is 5.30 Å². The van der Waals surface area contributed by atoms with Gasteiger partial charge >= 0.3 is 5.97 Å². The molecule has 1 aromatic heterocycles. The Morgan fingerprint density at radius 2 is 2.20 bits per heavy atom. The van der Waals surface area contributed by atoms with Crippen molar-refractivity contribution in [2.45, 2.75) is 13.0 Å². The summed E-state index contributed by atoms with van der Waals surface area (Å²) in [6.07, 6.45) is 2.71. The molecule has 1 aromatic rings. The van der Waals surface area contributed by atoms with Gasteiger partial charge in [-0.1, -0.05) is 0 Å². The van der Waals surface area contributed by atoms with Crippen molar-refractivity contribution in [1.82, 2.24) is 9.78 Å². The molecule has 0 radical (unpaired) electrons. The highest BCUT2D eigenvalue weighted by molar-refractivity contribution is 7.53. The molecule has 0 saturated heterocycles. The van der Waals surface area contributed by atoms with Crippen LogP contribution >= 0.6 is 8.38 Å². The molecule has 0 aliphatic rings. The fraction of sp³-hybridized carbons (Fsp3) is 0.429. The summed E-state index contributed by atoms with van der Waals surface area (Å²) in [5.41, 5.74) is 4.50. The highest BCUT2D eigenvalue weighted by Gasteiger charge is 2.07. The Labute approximate surface area is 88.1 Å². The fourth-order valence-corrected chi connectivity index (χ4v) is 1.18. The molecule has 15 heavy (non-hydrogen) atoms. The smallest absolute Gasteiger partial charge is 0.305 e. The highest BCUT2D eigenvalue weighted by atomic mass is 31.2. The second kappa shape index (κ2) is 7.30. The quantitative estimate of drug-likeness (QED) is 0.489. The standard InChI is InChI=1S/C6H9N2O4P.CH5N/c9-6(10)1-2-8-4-5(3-7-8)13(11)12;1-2/h3-4,11-12H,1-2H2,(H,9,10);2H2,1H3. The second-order valence-corrected chi connectivity index (χ2v) is 3.49. The number of nitrogens with zero attached hydrogens (tertiary/aromatic N) is 2. The maximum atomic E-state index is 10.2. The minimum absolute atomic E-state index is 0.0318. The second-order valence-electron chi connectivity index (χ2n) is 2.39. The molecule has 86 valence electrons. The van der Waals surface area contributed by atoms with Crippen molar-refractivity contribution >= 4 is 19.6 Å². The molecule has 1 rings (SSSR count). The third-order valence-corrected chi connectivity index (χ3v) is 2.10. The van der Waals surface area contributed by atoms with Crippen molar-refractivity contribution in [3.8, 4) is 0 Å². The van der Waals surface area contributed by atoms with Gasteiger partial charge in [-0.05, 0) is 7.05 Å². The Bertz CT molecular complexity index is 302. The Morgan fingerprint density at radius 1 is 1.60 bits per heavy atom. The molecule has 0 fully saturated rings. The molecule has 1 heterocycles. The minimum atomic E-state index is -2.13. The predicted octanol–water partition coefficient (Wildman–Crippen LogP) is -1.15. The van der Waals surface area contributed by atoms with Gasteiger partial charge < -0.3 is 20.6 Å². The first kappa shape index (κ1) is 14.0. The Kier molecular flexibility index (Phi) is 6.81. The molecular formula is C7H14N3O4P. The topological polar surface area (TPSA) is 122 Å². The number of nitrogens with two attached hydrogens (primary N) is 1. The highest BCUT2D eigenvalue weighted by Crippen LogP contribution is 2.20. The maximum absolute atomic E-state index is 10.2. The molecule has 7 nitrogen and oxygen atoms in total. The van der Waals surface area contributed by atoms with Gasteiger partial charge in [0.1, 0.15) is 0 Å². The van der Waals surface area contributed by atoms with Gasteiger partial charge in [-0.3, -0.25) is 9.48 Å². The van der Waals surface area contributed by atoms with Crippen LogP contribution in [0.15, 0.2) is 12.4 Å². The zero-order valence-corrected chi connectivity index (χ0v) is 9.13. The van der Waals surface area contributed by atoms with Crippen molar-refractivity contribution in [1.29, 1.82) is 0 Å². The molecule has 0 atom stereocenters. The molecule has 0 amide bonds. The number of carboxylic acid groups (broad SMARTS) is 1. The molecule has 0 aromatic carbocycles. The van der Waals surface area contributed by atoms with Crippen molar-refractivity contribution in [3.05, 3.63) is 12.4 Å². The molecule has 0 aliphatic carbocycles. The first-order valence-electron chi connectivity index (χ1n) is 4.09. The molecule has 0 spiro atoms. The first-order chi connectivity index (χ1) is 7.09. The van der Waals surface area contributed by atoms with Crippen LogP contribution in [0, 0.1) is 0 Å². The van der Waals surface area contributed by atoms with Crippen LogP contribution in [0.25, 0.3) is 0 Å². The van der Waals surface area contributed by atoms with Gasteiger partial charge in [-0.25, -0.2) is 0 Å². The normalized spacial score (nSPS) is 9.67. The summed E-state index contributed by atoms with van der Waals surface area (Å²) >= 11 is 0. The van der Waals surface area contributed by atoms with Crippen LogP contribution in [0.5, 0.6) is 0 Å².